The van der Waals surface area contributed by atoms with Crippen LogP contribution in [0.2, 0.25) is 10.0 Å². The lowest BCUT2D eigenvalue weighted by Gasteiger charge is -2.25. The average Bonchev–Trinajstić information content (AvgIpc) is 3.12. The van der Waals surface area contributed by atoms with Gasteiger partial charge in [-0.2, -0.15) is 5.26 Å². The highest BCUT2D eigenvalue weighted by Crippen LogP contribution is 2.35. The molecule has 1 unspecified atom stereocenters. The van der Waals surface area contributed by atoms with E-state index in [2.05, 4.69) is 21.4 Å². The molecule has 30 heavy (non-hydrogen) atoms. The number of imidazole rings is 1. The Balaban J connectivity index is 2.15. The zero-order valence-electron chi connectivity index (χ0n) is 16.5. The Morgan fingerprint density at radius 1 is 1.27 bits per heavy atom. The number of H-pyrrole nitrogens is 1. The van der Waals surface area contributed by atoms with Crippen LogP contribution in [0, 0.1) is 11.3 Å². The molecule has 9 heteroatoms. The summed E-state index contributed by atoms with van der Waals surface area (Å²) in [6.07, 6.45) is 0. The number of esters is 1. The Morgan fingerprint density at radius 2 is 1.93 bits per heavy atom. The topological polar surface area (TPSA) is 108 Å². The molecule has 0 amide bonds. The van der Waals surface area contributed by atoms with Crippen LogP contribution in [0.15, 0.2) is 30.3 Å². The fourth-order valence-corrected chi connectivity index (χ4v) is 3.61. The first kappa shape index (κ1) is 21.6. The lowest BCUT2D eigenvalue weighted by atomic mass is 9.76. The van der Waals surface area contributed by atoms with E-state index in [4.69, 9.17) is 27.9 Å². The van der Waals surface area contributed by atoms with Crippen LogP contribution in [-0.4, -0.2) is 28.3 Å². The summed E-state index contributed by atoms with van der Waals surface area (Å²) in [5.74, 6) is -0.854. The van der Waals surface area contributed by atoms with Crippen molar-refractivity contribution in [2.75, 3.05) is 11.9 Å². The molecule has 2 N–H and O–H groups in total. The van der Waals surface area contributed by atoms with Gasteiger partial charge < -0.3 is 15.0 Å². The number of rotatable bonds is 6. The number of para-hydroxylation sites is 1. The maximum Gasteiger partial charge on any atom is 0.323 e. The molecule has 3 rings (SSSR count). The second kappa shape index (κ2) is 8.34. The van der Waals surface area contributed by atoms with Gasteiger partial charge in [-0.25, -0.2) is 4.98 Å². The molecule has 0 aliphatic carbocycles. The van der Waals surface area contributed by atoms with E-state index in [-0.39, 0.29) is 17.7 Å². The largest absolute Gasteiger partial charge is 0.465 e. The molecule has 3 aromatic rings. The van der Waals surface area contributed by atoms with Crippen molar-refractivity contribution in [2.45, 2.75) is 26.2 Å². The van der Waals surface area contributed by atoms with Crippen molar-refractivity contribution in [3.8, 4) is 6.07 Å². The summed E-state index contributed by atoms with van der Waals surface area (Å²) in [5, 5.41) is 13.6. The Morgan fingerprint density at radius 3 is 2.50 bits per heavy atom. The predicted molar refractivity (Wildman–Crippen MR) is 115 cm³/mol. The minimum absolute atomic E-state index is 0.104. The molecule has 0 radical (unpaired) electrons. The van der Waals surface area contributed by atoms with Gasteiger partial charge in [-0.05, 0) is 44.5 Å². The lowest BCUT2D eigenvalue weighted by Crippen LogP contribution is -2.41. The molecular formula is C21H18Cl2N4O3. The van der Waals surface area contributed by atoms with Crippen molar-refractivity contribution in [3.05, 3.63) is 51.5 Å². The zero-order chi connectivity index (χ0) is 22.1. The number of nitrogens with one attached hydrogen (secondary N) is 2. The number of halogens is 2. The number of aromatic amines is 1. The summed E-state index contributed by atoms with van der Waals surface area (Å²) in [5.41, 5.74) is 0.00500. The summed E-state index contributed by atoms with van der Waals surface area (Å²) in [7, 11) is 0. The molecule has 0 fully saturated rings. The van der Waals surface area contributed by atoms with Crippen molar-refractivity contribution >= 4 is 57.6 Å². The molecule has 0 aliphatic heterocycles. The van der Waals surface area contributed by atoms with Crippen LogP contribution in [0.1, 0.15) is 31.9 Å². The normalized spacial score (nSPS) is 12.8. The van der Waals surface area contributed by atoms with Crippen LogP contribution in [0.4, 0.5) is 11.6 Å². The number of fused-ring (bicyclic) bond motifs is 1. The second-order valence-electron chi connectivity index (χ2n) is 6.70. The van der Waals surface area contributed by atoms with E-state index in [0.717, 1.165) is 0 Å². The van der Waals surface area contributed by atoms with Crippen molar-refractivity contribution in [1.82, 2.24) is 9.97 Å². The van der Waals surface area contributed by atoms with Gasteiger partial charge in [0.2, 0.25) is 5.95 Å². The molecule has 1 heterocycles. The lowest BCUT2D eigenvalue weighted by molar-refractivity contribution is -0.152. The van der Waals surface area contributed by atoms with E-state index in [1.54, 1.807) is 37.3 Å². The van der Waals surface area contributed by atoms with E-state index in [1.165, 1.54) is 13.8 Å². The smallest absolute Gasteiger partial charge is 0.323 e. The molecule has 0 aliphatic rings. The highest BCUT2D eigenvalue weighted by molar-refractivity contribution is 6.39. The van der Waals surface area contributed by atoms with Crippen LogP contribution in [0.5, 0.6) is 0 Å². The molecule has 0 bridgehead atoms. The number of anilines is 2. The Bertz CT molecular complexity index is 1180. The van der Waals surface area contributed by atoms with Gasteiger partial charge in [-0.1, -0.05) is 35.3 Å². The van der Waals surface area contributed by atoms with Crippen molar-refractivity contribution in [1.29, 1.82) is 5.26 Å². The monoisotopic (exact) mass is 444 g/mol. The van der Waals surface area contributed by atoms with Crippen LogP contribution in [-0.2, 0) is 19.7 Å². The van der Waals surface area contributed by atoms with Crippen molar-refractivity contribution in [2.24, 2.45) is 0 Å². The van der Waals surface area contributed by atoms with E-state index >= 15 is 0 Å². The van der Waals surface area contributed by atoms with Crippen molar-refractivity contribution < 1.29 is 14.3 Å². The Labute approximate surface area is 183 Å². The third-order valence-electron chi connectivity index (χ3n) is 4.90. The fourth-order valence-electron chi connectivity index (χ4n) is 3.12. The number of carbonyl (C=O) groups is 2. The summed E-state index contributed by atoms with van der Waals surface area (Å²) >= 11 is 12.4. The van der Waals surface area contributed by atoms with Gasteiger partial charge in [0.1, 0.15) is 17.0 Å². The number of aromatic nitrogens is 2. The summed E-state index contributed by atoms with van der Waals surface area (Å²) in [4.78, 5) is 32.5. The number of carbonyl (C=O) groups excluding carboxylic acids is 2. The third-order valence-corrected chi connectivity index (χ3v) is 5.53. The number of hydrogen-bond donors (Lipinski definition) is 2. The van der Waals surface area contributed by atoms with Gasteiger partial charge in [0.05, 0.1) is 33.4 Å². The Kier molecular flexibility index (Phi) is 6.01. The zero-order valence-corrected chi connectivity index (χ0v) is 18.0. The summed E-state index contributed by atoms with van der Waals surface area (Å²) < 4.78 is 5.11. The number of ketones is 1. The number of Topliss-reactive ketones (excluding diaryl/α,β-unsaturated/α-hetero) is 1. The van der Waals surface area contributed by atoms with E-state index in [1.807, 2.05) is 0 Å². The second-order valence-corrected chi connectivity index (χ2v) is 7.52. The quantitative estimate of drug-likeness (QED) is 0.413. The molecular weight excluding hydrogens is 427 g/mol. The SMILES string of the molecule is CCOC(=O)C(C)(C(C)=O)c1ccc2[nH]c(Nc3c(Cl)cccc3Cl)nc2c1C#N. The number of hydrogen-bond acceptors (Lipinski definition) is 6. The van der Waals surface area contributed by atoms with Gasteiger partial charge in [-0.15, -0.1) is 0 Å². The maximum absolute atomic E-state index is 12.6. The molecule has 7 nitrogen and oxygen atoms in total. The van der Waals surface area contributed by atoms with Crippen LogP contribution >= 0.6 is 23.2 Å². The first-order valence-electron chi connectivity index (χ1n) is 9.06. The molecule has 0 saturated heterocycles. The van der Waals surface area contributed by atoms with Gasteiger partial charge in [0.25, 0.3) is 0 Å². The van der Waals surface area contributed by atoms with Crippen LogP contribution in [0.25, 0.3) is 11.0 Å². The van der Waals surface area contributed by atoms with E-state index in [9.17, 15) is 14.9 Å². The van der Waals surface area contributed by atoms with E-state index in [0.29, 0.717) is 32.7 Å². The van der Waals surface area contributed by atoms with Gasteiger partial charge in [-0.3, -0.25) is 9.59 Å². The summed E-state index contributed by atoms with van der Waals surface area (Å²) in [6.45, 7) is 4.50. The van der Waals surface area contributed by atoms with Gasteiger partial charge in [0, 0.05) is 0 Å². The molecule has 0 saturated carbocycles. The number of benzene rings is 2. The minimum atomic E-state index is -1.63. The highest BCUT2D eigenvalue weighted by Gasteiger charge is 2.44. The summed E-state index contributed by atoms with van der Waals surface area (Å²) in [6, 6.07) is 10.3. The first-order chi connectivity index (χ1) is 14.2. The third kappa shape index (κ3) is 3.60. The number of ether oxygens (including phenoxy) is 1. The van der Waals surface area contributed by atoms with Crippen LogP contribution < -0.4 is 5.32 Å². The molecule has 0 spiro atoms. The van der Waals surface area contributed by atoms with Gasteiger partial charge in [0.15, 0.2) is 5.78 Å². The van der Waals surface area contributed by atoms with Gasteiger partial charge >= 0.3 is 5.97 Å². The molecule has 2 aromatic carbocycles. The van der Waals surface area contributed by atoms with Crippen LogP contribution in [0.3, 0.4) is 0 Å². The van der Waals surface area contributed by atoms with E-state index < -0.39 is 17.2 Å². The van der Waals surface area contributed by atoms with Crippen molar-refractivity contribution in [3.63, 3.8) is 0 Å². The predicted octanol–water partition coefficient (Wildman–Crippen LogP) is 4.89. The fraction of sp³-hybridized carbons (Fsp3) is 0.238. The standard InChI is InChI=1S/C21H18Cl2N4O3/c1-4-30-19(29)21(3,11(2)28)13-8-9-16-17(12(13)10-24)26-20(25-16)27-18-14(22)6-5-7-15(18)23/h5-9H,4H2,1-3H3,(H2,25,26,27). The molecule has 1 atom stereocenters. The average molecular weight is 445 g/mol. The molecule has 1 aromatic heterocycles. The minimum Gasteiger partial charge on any atom is -0.465 e. The highest BCUT2D eigenvalue weighted by atomic mass is 35.5. The number of nitrogens with zero attached hydrogens (tertiary/aromatic N) is 2. The molecule has 154 valence electrons. The number of nitriles is 1. The maximum atomic E-state index is 12.6. The first-order valence-corrected chi connectivity index (χ1v) is 9.82. The Hall–Kier alpha value is -3.08.